The lowest BCUT2D eigenvalue weighted by atomic mass is 10.1. The van der Waals surface area contributed by atoms with Crippen LogP contribution in [0.5, 0.6) is 0 Å². The van der Waals surface area contributed by atoms with E-state index < -0.39 is 11.7 Å². The summed E-state index contributed by atoms with van der Waals surface area (Å²) in [4.78, 5) is 11.7. The zero-order valence-corrected chi connectivity index (χ0v) is 10.2. The first kappa shape index (κ1) is 13.5. The summed E-state index contributed by atoms with van der Waals surface area (Å²) in [5, 5.41) is 2.84. The Kier molecular flexibility index (Phi) is 4.99. The lowest BCUT2D eigenvalue weighted by Gasteiger charge is -2.12. The first-order chi connectivity index (χ1) is 8.08. The van der Waals surface area contributed by atoms with Gasteiger partial charge in [0, 0.05) is 5.02 Å². The molecule has 0 saturated heterocycles. The summed E-state index contributed by atoms with van der Waals surface area (Å²) in [7, 11) is 0. The number of halogens is 2. The van der Waals surface area contributed by atoms with E-state index in [-0.39, 0.29) is 16.6 Å². The zero-order chi connectivity index (χ0) is 12.8. The molecule has 0 radical (unpaired) electrons. The van der Waals surface area contributed by atoms with Crippen LogP contribution in [0.25, 0.3) is 0 Å². The van der Waals surface area contributed by atoms with Crippen molar-refractivity contribution in [3.05, 3.63) is 34.6 Å². The van der Waals surface area contributed by atoms with Gasteiger partial charge in [-0.05, 0) is 24.6 Å². The molecule has 0 spiro atoms. The molecule has 0 aliphatic carbocycles. The molecule has 2 nitrogen and oxygen atoms in total. The predicted molar refractivity (Wildman–Crippen MR) is 66.4 cm³/mol. The van der Waals surface area contributed by atoms with Crippen LogP contribution < -0.4 is 5.32 Å². The van der Waals surface area contributed by atoms with Crippen LogP contribution in [0.1, 0.15) is 30.1 Å². The molecule has 0 heterocycles. The van der Waals surface area contributed by atoms with Crippen LogP contribution in [0.15, 0.2) is 18.2 Å². The van der Waals surface area contributed by atoms with E-state index in [4.69, 9.17) is 18.0 Å². The van der Waals surface area contributed by atoms with Gasteiger partial charge in [0.05, 0.1) is 11.6 Å². The van der Waals surface area contributed by atoms with Crippen LogP contribution in [0.4, 0.5) is 4.39 Å². The average Bonchev–Trinajstić information content (AvgIpc) is 2.28. The summed E-state index contributed by atoms with van der Waals surface area (Å²) in [5.74, 6) is 1.29. The number of carbonyl (C=O) groups is 1. The molecule has 1 aromatic carbocycles. The van der Waals surface area contributed by atoms with Gasteiger partial charge < -0.3 is 5.32 Å². The molecule has 17 heavy (non-hydrogen) atoms. The fourth-order valence-corrected chi connectivity index (χ4v) is 1.55. The third kappa shape index (κ3) is 3.76. The maximum atomic E-state index is 13.4. The van der Waals surface area contributed by atoms with Crippen molar-refractivity contribution in [2.45, 2.75) is 25.8 Å². The van der Waals surface area contributed by atoms with E-state index >= 15 is 0 Å². The largest absolute Gasteiger partial charge is 0.338 e. The Balaban J connectivity index is 2.79. The second-order valence-corrected chi connectivity index (χ2v) is 4.04. The number of carbonyl (C=O) groups excluding carboxylic acids is 1. The highest BCUT2D eigenvalue weighted by molar-refractivity contribution is 6.30. The maximum absolute atomic E-state index is 13.4. The first-order valence-electron chi connectivity index (χ1n) is 5.30. The Bertz CT molecular complexity index is 453. The molecule has 0 bridgehead atoms. The highest BCUT2D eigenvalue weighted by Gasteiger charge is 2.14. The zero-order valence-electron chi connectivity index (χ0n) is 9.47. The van der Waals surface area contributed by atoms with Crippen molar-refractivity contribution in [1.82, 2.24) is 5.32 Å². The number of rotatable bonds is 4. The highest BCUT2D eigenvalue weighted by Crippen LogP contribution is 2.14. The predicted octanol–water partition coefficient (Wildman–Crippen LogP) is 3.01. The Morgan fingerprint density at radius 1 is 1.65 bits per heavy atom. The smallest absolute Gasteiger partial charge is 0.255 e. The molecule has 0 aliphatic rings. The molecule has 90 valence electrons. The SMILES string of the molecule is C#CC(CCC)NC(=O)c1ccc(Cl)cc1F. The summed E-state index contributed by atoms with van der Waals surface area (Å²) in [5.41, 5.74) is -0.0502. The number of benzene rings is 1. The highest BCUT2D eigenvalue weighted by atomic mass is 35.5. The van der Waals surface area contributed by atoms with Crippen LogP contribution >= 0.6 is 11.6 Å². The van der Waals surface area contributed by atoms with Crippen molar-refractivity contribution in [2.75, 3.05) is 0 Å². The number of terminal acetylenes is 1. The number of amides is 1. The van der Waals surface area contributed by atoms with Gasteiger partial charge in [0.15, 0.2) is 0 Å². The fourth-order valence-electron chi connectivity index (χ4n) is 1.40. The van der Waals surface area contributed by atoms with E-state index in [0.29, 0.717) is 6.42 Å². The molecule has 0 saturated carbocycles. The van der Waals surface area contributed by atoms with Gasteiger partial charge in [-0.1, -0.05) is 30.9 Å². The van der Waals surface area contributed by atoms with Crippen LogP contribution in [0, 0.1) is 18.2 Å². The van der Waals surface area contributed by atoms with E-state index in [2.05, 4.69) is 11.2 Å². The minimum Gasteiger partial charge on any atom is -0.338 e. The minimum atomic E-state index is -0.651. The molecule has 1 atom stereocenters. The molecule has 1 rings (SSSR count). The van der Waals surface area contributed by atoms with Crippen LogP contribution in [0.2, 0.25) is 5.02 Å². The molecule has 0 aliphatic heterocycles. The molecule has 0 aromatic heterocycles. The second kappa shape index (κ2) is 6.27. The van der Waals surface area contributed by atoms with E-state index in [1.807, 2.05) is 6.92 Å². The lowest BCUT2D eigenvalue weighted by Crippen LogP contribution is -2.34. The van der Waals surface area contributed by atoms with Gasteiger partial charge in [-0.3, -0.25) is 4.79 Å². The second-order valence-electron chi connectivity index (χ2n) is 3.61. The Morgan fingerprint density at radius 2 is 2.35 bits per heavy atom. The third-order valence-corrected chi connectivity index (χ3v) is 2.49. The monoisotopic (exact) mass is 253 g/mol. The summed E-state index contributed by atoms with van der Waals surface area (Å²) in [6, 6.07) is 3.53. The Morgan fingerprint density at radius 3 is 2.88 bits per heavy atom. The molecule has 1 amide bonds. The number of hydrogen-bond acceptors (Lipinski definition) is 1. The van der Waals surface area contributed by atoms with Crippen molar-refractivity contribution in [1.29, 1.82) is 0 Å². The maximum Gasteiger partial charge on any atom is 0.255 e. The van der Waals surface area contributed by atoms with Crippen molar-refractivity contribution >= 4 is 17.5 Å². The average molecular weight is 254 g/mol. The van der Waals surface area contributed by atoms with Gasteiger partial charge >= 0.3 is 0 Å². The molecule has 4 heteroatoms. The first-order valence-corrected chi connectivity index (χ1v) is 5.68. The van der Waals surface area contributed by atoms with Gasteiger partial charge in [0.2, 0.25) is 0 Å². The van der Waals surface area contributed by atoms with Crippen molar-refractivity contribution in [3.63, 3.8) is 0 Å². The minimum absolute atomic E-state index is 0.0502. The van der Waals surface area contributed by atoms with Crippen LogP contribution in [-0.4, -0.2) is 11.9 Å². The fraction of sp³-hybridized carbons (Fsp3) is 0.308. The lowest BCUT2D eigenvalue weighted by molar-refractivity contribution is 0.0940. The van der Waals surface area contributed by atoms with Gasteiger partial charge in [0.25, 0.3) is 5.91 Å². The summed E-state index contributed by atoms with van der Waals surface area (Å²) >= 11 is 5.60. The third-order valence-electron chi connectivity index (χ3n) is 2.26. The van der Waals surface area contributed by atoms with Crippen LogP contribution in [0.3, 0.4) is 0 Å². The van der Waals surface area contributed by atoms with Gasteiger partial charge in [0.1, 0.15) is 5.82 Å². The topological polar surface area (TPSA) is 29.1 Å². The molecule has 1 N–H and O–H groups in total. The van der Waals surface area contributed by atoms with Crippen LogP contribution in [-0.2, 0) is 0 Å². The van der Waals surface area contributed by atoms with E-state index in [1.165, 1.54) is 12.1 Å². The molecule has 0 fully saturated rings. The van der Waals surface area contributed by atoms with E-state index in [0.717, 1.165) is 12.5 Å². The molecule has 1 unspecified atom stereocenters. The molecular formula is C13H13ClFNO. The normalized spacial score (nSPS) is 11.6. The standard InChI is InChI=1S/C13H13ClFNO/c1-3-5-10(4-2)16-13(17)11-7-6-9(14)8-12(11)15/h2,6-8,10H,3,5H2,1H3,(H,16,17). The number of hydrogen-bond donors (Lipinski definition) is 1. The molecule has 1 aromatic rings. The summed E-state index contributed by atoms with van der Waals surface area (Å²) < 4.78 is 13.4. The Labute approximate surface area is 105 Å². The molecular weight excluding hydrogens is 241 g/mol. The van der Waals surface area contributed by atoms with Crippen molar-refractivity contribution in [2.24, 2.45) is 0 Å². The van der Waals surface area contributed by atoms with Gasteiger partial charge in [-0.25, -0.2) is 4.39 Å². The quantitative estimate of drug-likeness (QED) is 0.821. The van der Waals surface area contributed by atoms with E-state index in [1.54, 1.807) is 0 Å². The summed E-state index contributed by atoms with van der Waals surface area (Å²) in [6.45, 7) is 1.96. The van der Waals surface area contributed by atoms with E-state index in [9.17, 15) is 9.18 Å². The van der Waals surface area contributed by atoms with Crippen molar-refractivity contribution in [3.8, 4) is 12.3 Å². The van der Waals surface area contributed by atoms with Gasteiger partial charge in [-0.15, -0.1) is 6.42 Å². The van der Waals surface area contributed by atoms with Gasteiger partial charge in [-0.2, -0.15) is 0 Å². The van der Waals surface area contributed by atoms with Crippen molar-refractivity contribution < 1.29 is 9.18 Å². The number of nitrogens with one attached hydrogen (secondary N) is 1. The summed E-state index contributed by atoms with van der Waals surface area (Å²) in [6.07, 6.45) is 6.78. The Hall–Kier alpha value is -1.53.